The molecule has 1 unspecified atom stereocenters. The molecular weight excluding hydrogens is 783 g/mol. The van der Waals surface area contributed by atoms with Crippen LogP contribution < -0.4 is 20.4 Å². The van der Waals surface area contributed by atoms with Crippen LogP contribution in [0.4, 0.5) is 11.4 Å². The van der Waals surface area contributed by atoms with Crippen molar-refractivity contribution in [3.05, 3.63) is 188 Å². The Morgan fingerprint density at radius 3 is 1.42 bits per heavy atom. The molecule has 1 heterocycles. The van der Waals surface area contributed by atoms with E-state index in [-0.39, 0.29) is 25.1 Å². The maximum atomic E-state index is 7.70. The number of hydrogen-bond acceptors (Lipinski definition) is 2. The van der Waals surface area contributed by atoms with E-state index in [2.05, 4.69) is 178 Å². The van der Waals surface area contributed by atoms with Gasteiger partial charge in [-0.25, -0.2) is 0 Å². The average molecular weight is 829 g/mol. The molecule has 6 heteroatoms. The second kappa shape index (κ2) is 15.8. The number of benzene rings is 5. The zero-order chi connectivity index (χ0) is 35.9. The Balaban J connectivity index is 0.00000464. The number of allylic oxidation sites excluding steroid dienone is 5. The van der Waals surface area contributed by atoms with E-state index in [0.717, 1.165) is 24.5 Å². The molecule has 2 aliphatic rings. The second-order valence-corrected chi connectivity index (χ2v) is 18.2. The third-order valence-corrected chi connectivity index (χ3v) is 15.4. The summed E-state index contributed by atoms with van der Waals surface area (Å²) in [5.74, 6) is 3.65. The van der Waals surface area contributed by atoms with Crippen LogP contribution in [0.3, 0.4) is 0 Å². The number of nitrogens with zero attached hydrogens (tertiary/aromatic N) is 2. The number of rotatable bonds is 6. The average Bonchev–Trinajstić information content (AvgIpc) is 3.52. The van der Waals surface area contributed by atoms with Crippen LogP contribution in [0.2, 0.25) is 0 Å². The van der Waals surface area contributed by atoms with Crippen molar-refractivity contribution in [2.24, 2.45) is 0 Å². The first-order valence-electron chi connectivity index (χ1n) is 17.7. The summed E-state index contributed by atoms with van der Waals surface area (Å²) in [6, 6.07) is 42.1. The molecule has 1 fully saturated rings. The summed E-state index contributed by atoms with van der Waals surface area (Å²) in [6.07, 6.45) is 4.37. The minimum atomic E-state index is -2.47. The molecular formula is C46H45Cl2N2PRu+2. The molecule has 0 aromatic heterocycles. The summed E-state index contributed by atoms with van der Waals surface area (Å²) in [5, 5.41) is 3.75. The summed E-state index contributed by atoms with van der Waals surface area (Å²) in [7, 11) is 0. The molecule has 0 radical (unpaired) electrons. The summed E-state index contributed by atoms with van der Waals surface area (Å²) >= 11 is 14.8. The number of hydrogen-bond donors (Lipinski definition) is 0. The molecule has 0 saturated carbocycles. The minimum absolute atomic E-state index is 0. The molecule has 0 bridgehead atoms. The second-order valence-electron chi connectivity index (χ2n) is 14.0. The third kappa shape index (κ3) is 6.95. The van der Waals surface area contributed by atoms with Gasteiger partial charge in [0.15, 0.2) is 0 Å². The first kappa shape index (κ1) is 38.2. The van der Waals surface area contributed by atoms with Gasteiger partial charge >= 0.3 is 19.5 Å². The van der Waals surface area contributed by atoms with Gasteiger partial charge < -0.3 is 9.80 Å². The predicted molar refractivity (Wildman–Crippen MR) is 225 cm³/mol. The van der Waals surface area contributed by atoms with Crippen LogP contribution in [-0.4, -0.2) is 24.5 Å². The quantitative estimate of drug-likeness (QED) is 0.124. The van der Waals surface area contributed by atoms with E-state index in [1.807, 2.05) is 6.08 Å². The molecule has 1 aliphatic carbocycles. The van der Waals surface area contributed by atoms with E-state index >= 15 is 0 Å². The van der Waals surface area contributed by atoms with Crippen molar-refractivity contribution in [1.82, 2.24) is 0 Å². The Bertz CT molecular complexity index is 2100. The van der Waals surface area contributed by atoms with Gasteiger partial charge in [-0.1, -0.05) is 156 Å². The van der Waals surface area contributed by atoms with Gasteiger partial charge in [-0.2, -0.15) is 0 Å². The van der Waals surface area contributed by atoms with Crippen molar-refractivity contribution in [2.45, 2.75) is 47.2 Å². The van der Waals surface area contributed by atoms with Gasteiger partial charge in [0, 0.05) is 35.7 Å². The first-order chi connectivity index (χ1) is 24.6. The smallest absolute Gasteiger partial charge is 0.325 e. The van der Waals surface area contributed by atoms with E-state index in [9.17, 15) is 0 Å². The van der Waals surface area contributed by atoms with Crippen LogP contribution in [-0.2, 0) is 19.5 Å². The van der Waals surface area contributed by atoms with Crippen molar-refractivity contribution in [3.8, 4) is 0 Å². The number of halogens is 2. The number of aryl methyl sites for hydroxylation is 6. The molecule has 0 amide bonds. The molecule has 7 rings (SSSR count). The van der Waals surface area contributed by atoms with E-state index < -0.39 is 6.89 Å². The maximum absolute atomic E-state index is 7.70. The zero-order valence-corrected chi connectivity index (χ0v) is 34.8. The first-order valence-corrected chi connectivity index (χ1v) is 20.4. The Hall–Kier alpha value is -3.58. The topological polar surface area (TPSA) is 6.48 Å². The Kier molecular flexibility index (Phi) is 11.6. The molecule has 1 aliphatic heterocycles. The Labute approximate surface area is 333 Å². The van der Waals surface area contributed by atoms with Gasteiger partial charge in [-0.15, -0.1) is 0 Å². The van der Waals surface area contributed by atoms with Gasteiger partial charge in [0.05, 0.1) is 10.1 Å². The molecule has 5 aromatic carbocycles. The van der Waals surface area contributed by atoms with Crippen LogP contribution in [0.25, 0.3) is 0 Å². The molecule has 5 aromatic rings. The van der Waals surface area contributed by atoms with Gasteiger partial charge in [0.25, 0.3) is 0 Å². The van der Waals surface area contributed by atoms with E-state index in [0.29, 0.717) is 10.1 Å². The Morgan fingerprint density at radius 2 is 1.00 bits per heavy atom. The van der Waals surface area contributed by atoms with Gasteiger partial charge in [0.2, 0.25) is 0 Å². The fourth-order valence-electron chi connectivity index (χ4n) is 8.48. The summed E-state index contributed by atoms with van der Waals surface area (Å²) in [5.41, 5.74) is 12.1. The van der Waals surface area contributed by atoms with Crippen LogP contribution in [0.15, 0.2) is 149 Å². The molecule has 0 N–H and O–H groups in total. The van der Waals surface area contributed by atoms with Gasteiger partial charge in [0.1, 0.15) is 5.82 Å². The van der Waals surface area contributed by atoms with E-state index in [1.165, 1.54) is 60.9 Å². The zero-order valence-electron chi connectivity index (χ0n) is 30.6. The third-order valence-electron chi connectivity index (χ3n) is 10.2. The number of anilines is 2. The van der Waals surface area contributed by atoms with Crippen molar-refractivity contribution < 1.29 is 19.5 Å². The molecule has 52 heavy (non-hydrogen) atoms. The van der Waals surface area contributed by atoms with Crippen LogP contribution in [0.1, 0.15) is 38.9 Å². The molecule has 0 spiro atoms. The molecule has 2 nitrogen and oxygen atoms in total. The fourth-order valence-corrected chi connectivity index (χ4v) is 13.4. The van der Waals surface area contributed by atoms with Crippen molar-refractivity contribution in [1.29, 1.82) is 0 Å². The van der Waals surface area contributed by atoms with E-state index in [4.69, 9.17) is 23.2 Å². The normalized spacial score (nSPS) is 16.0. The van der Waals surface area contributed by atoms with Gasteiger partial charge in [-0.3, -0.25) is 0 Å². The Morgan fingerprint density at radius 1 is 0.596 bits per heavy atom. The standard InChI is InChI=1S/C46H45Cl2N2P.Ru/c1-31-26-33(3)44(34(4)27-31)49-24-25-50(45-35(5)28-32(2)29-36(45)6)46(49)42-41(23-22-40(47)43(42)48)51(38-18-12-8-13-19-38,39-20-14-9-15-21-39)30-37-16-10-7-11-17-37;/h7-23,26-30,41H,24-25H2,1-6H3;/q;+2. The largest absolute Gasteiger partial charge is 2.00 e. The van der Waals surface area contributed by atoms with E-state index in [1.54, 1.807) is 0 Å². The van der Waals surface area contributed by atoms with Crippen LogP contribution in [0.5, 0.6) is 0 Å². The van der Waals surface area contributed by atoms with Crippen molar-refractivity contribution in [3.63, 3.8) is 0 Å². The monoisotopic (exact) mass is 828 g/mol. The summed E-state index contributed by atoms with van der Waals surface area (Å²) in [4.78, 5) is 5.06. The molecule has 1 saturated heterocycles. The SMILES string of the molecule is Cc1cc(C)c(N2CCN(c3c(C)cc(C)cc3C)C2=C2C(Cl)=C(Cl)C=CC2P(=Cc2ccccc2)(c2ccccc2)c2ccccc2)c(C)c1.[Ru+2]. The predicted octanol–water partition coefficient (Wildman–Crippen LogP) is 11.2. The minimum Gasteiger partial charge on any atom is -0.325 e. The maximum Gasteiger partial charge on any atom is 2.00 e. The van der Waals surface area contributed by atoms with Crippen LogP contribution in [0, 0.1) is 41.5 Å². The summed E-state index contributed by atoms with van der Waals surface area (Å²) in [6.45, 7) is 12.5. The summed E-state index contributed by atoms with van der Waals surface area (Å²) < 4.78 is 0. The van der Waals surface area contributed by atoms with Crippen molar-refractivity contribution in [2.75, 3.05) is 22.9 Å². The van der Waals surface area contributed by atoms with Crippen LogP contribution >= 0.6 is 30.1 Å². The molecule has 1 atom stereocenters. The fraction of sp³-hybridized carbons (Fsp3) is 0.196. The van der Waals surface area contributed by atoms with Gasteiger partial charge in [-0.05, 0) is 98.7 Å². The van der Waals surface area contributed by atoms with Crippen molar-refractivity contribution >= 4 is 57.9 Å². The molecule has 264 valence electrons.